The number of para-hydroxylation sites is 4. The van der Waals surface area contributed by atoms with E-state index in [0.29, 0.717) is 0 Å². The molecule has 0 amide bonds. The number of hydrogen-bond acceptors (Lipinski definition) is 3. The highest BCUT2D eigenvalue weighted by Gasteiger charge is 2.19. The fraction of sp³-hybridized carbons (Fsp3) is 0. The maximum atomic E-state index is 5.24. The fourth-order valence-electron chi connectivity index (χ4n) is 8.45. The third-order valence-corrected chi connectivity index (χ3v) is 11.0. The van der Waals surface area contributed by atoms with Gasteiger partial charge in [0.25, 0.3) is 0 Å². The van der Waals surface area contributed by atoms with Gasteiger partial charge in [-0.15, -0.1) is 0 Å². The van der Waals surface area contributed by atoms with E-state index in [-0.39, 0.29) is 0 Å². The van der Waals surface area contributed by atoms with Crippen molar-refractivity contribution in [3.63, 3.8) is 0 Å². The van der Waals surface area contributed by atoms with Crippen molar-refractivity contribution in [2.45, 2.75) is 0 Å². The summed E-state index contributed by atoms with van der Waals surface area (Å²) in [5.41, 5.74) is 12.8. The van der Waals surface area contributed by atoms with Crippen LogP contribution in [0.2, 0.25) is 0 Å². The molecule has 56 heavy (non-hydrogen) atoms. The number of aromatic nitrogens is 3. The molecule has 0 fully saturated rings. The van der Waals surface area contributed by atoms with Gasteiger partial charge in [-0.3, -0.25) is 4.98 Å². The van der Waals surface area contributed by atoms with Gasteiger partial charge < -0.3 is 9.47 Å². The van der Waals surface area contributed by atoms with Crippen molar-refractivity contribution in [2.24, 2.45) is 0 Å². The van der Waals surface area contributed by atoms with Gasteiger partial charge in [0.15, 0.2) is 0 Å². The number of nitrogens with zero attached hydrogens (tertiary/aromatic N) is 4. The molecule has 0 aliphatic carbocycles. The van der Waals surface area contributed by atoms with E-state index in [9.17, 15) is 0 Å². The van der Waals surface area contributed by atoms with Gasteiger partial charge in [-0.2, -0.15) is 0 Å². The molecule has 0 saturated carbocycles. The molecule has 0 saturated heterocycles. The lowest BCUT2D eigenvalue weighted by Gasteiger charge is -2.28. The average Bonchev–Trinajstić information content (AvgIpc) is 3.62. The Labute approximate surface area is 324 Å². The molecule has 262 valence electrons. The molecule has 0 atom stereocenters. The lowest BCUT2D eigenvalue weighted by molar-refractivity contribution is 1.17. The first-order chi connectivity index (χ1) is 27.8. The Hall–Kier alpha value is -7.56. The molecule has 11 rings (SSSR count). The zero-order chi connectivity index (χ0) is 37.0. The summed E-state index contributed by atoms with van der Waals surface area (Å²) in [5.74, 6) is 0. The van der Waals surface area contributed by atoms with Crippen LogP contribution in [-0.4, -0.2) is 14.5 Å². The predicted octanol–water partition coefficient (Wildman–Crippen LogP) is 13.8. The summed E-state index contributed by atoms with van der Waals surface area (Å²) >= 11 is 0. The molecule has 2 heterocycles. The minimum absolute atomic E-state index is 0.854. The minimum atomic E-state index is 0.854. The van der Waals surface area contributed by atoms with Gasteiger partial charge >= 0.3 is 0 Å². The zero-order valence-electron chi connectivity index (χ0n) is 30.4. The highest BCUT2D eigenvalue weighted by Crippen LogP contribution is 2.42. The first-order valence-corrected chi connectivity index (χ1v) is 19.0. The summed E-state index contributed by atoms with van der Waals surface area (Å²) in [4.78, 5) is 12.6. The van der Waals surface area contributed by atoms with E-state index >= 15 is 0 Å². The topological polar surface area (TPSA) is 34.0 Å². The van der Waals surface area contributed by atoms with E-state index in [2.05, 4.69) is 210 Å². The van der Waals surface area contributed by atoms with Crippen LogP contribution in [0.5, 0.6) is 0 Å². The summed E-state index contributed by atoms with van der Waals surface area (Å²) in [6.45, 7) is 0. The SMILES string of the molecule is c1ccc(N(c2ccc(-n3c4ccccc4c4ccccc43)cc2)c2ccccc2-c2ccc(-c3cnc4c5ccccc5c5ccccc5c4n3)cc2)cc1. The molecular weight excluding hydrogens is 681 g/mol. The molecule has 4 nitrogen and oxygen atoms in total. The Bertz CT molecular complexity index is 3150. The Morgan fingerprint density at radius 3 is 1.54 bits per heavy atom. The van der Waals surface area contributed by atoms with Crippen molar-refractivity contribution in [1.82, 2.24) is 14.5 Å². The Kier molecular flexibility index (Phi) is 7.46. The maximum Gasteiger partial charge on any atom is 0.0979 e. The van der Waals surface area contributed by atoms with Crippen molar-refractivity contribution in [2.75, 3.05) is 4.90 Å². The van der Waals surface area contributed by atoms with E-state index in [1.54, 1.807) is 0 Å². The van der Waals surface area contributed by atoms with Gasteiger partial charge in [-0.1, -0.05) is 146 Å². The Balaban J connectivity index is 0.990. The van der Waals surface area contributed by atoms with Crippen LogP contribution in [0.4, 0.5) is 17.1 Å². The summed E-state index contributed by atoms with van der Waals surface area (Å²) in [6.07, 6.45) is 1.91. The molecule has 0 spiro atoms. The van der Waals surface area contributed by atoms with E-state index in [1.165, 1.54) is 32.6 Å². The third kappa shape index (κ3) is 5.15. The standard InChI is InChI=1S/C52H34N4/c1-2-14-37(15-3-1)55(38-30-32-39(33-31-38)56-49-24-12-9-19-43(49)44-20-10-13-25-50(44)56)48-23-11-8-16-40(48)35-26-28-36(29-27-35)47-34-53-51-45-21-6-4-17-41(45)42-18-5-7-22-46(42)52(51)54-47/h1-34H. The second-order valence-corrected chi connectivity index (χ2v) is 14.2. The molecule has 4 heteroatoms. The van der Waals surface area contributed by atoms with Crippen molar-refractivity contribution < 1.29 is 0 Å². The molecule has 0 unspecified atom stereocenters. The van der Waals surface area contributed by atoms with Crippen molar-refractivity contribution in [3.8, 4) is 28.1 Å². The van der Waals surface area contributed by atoms with Gasteiger partial charge in [-0.05, 0) is 70.9 Å². The van der Waals surface area contributed by atoms with Gasteiger partial charge in [-0.25, -0.2) is 4.98 Å². The van der Waals surface area contributed by atoms with Crippen LogP contribution in [0.15, 0.2) is 206 Å². The minimum Gasteiger partial charge on any atom is -0.310 e. The van der Waals surface area contributed by atoms with Crippen LogP contribution in [-0.2, 0) is 0 Å². The summed E-state index contributed by atoms with van der Waals surface area (Å²) in [7, 11) is 0. The highest BCUT2D eigenvalue weighted by molar-refractivity contribution is 6.23. The summed E-state index contributed by atoms with van der Waals surface area (Å²) < 4.78 is 2.36. The summed E-state index contributed by atoms with van der Waals surface area (Å²) in [5, 5.41) is 7.14. The molecule has 9 aromatic carbocycles. The fourth-order valence-corrected chi connectivity index (χ4v) is 8.45. The smallest absolute Gasteiger partial charge is 0.0979 e. The maximum absolute atomic E-state index is 5.24. The highest BCUT2D eigenvalue weighted by atomic mass is 15.1. The number of benzene rings is 9. The second kappa shape index (κ2) is 13.1. The molecule has 0 N–H and O–H groups in total. The van der Waals surface area contributed by atoms with E-state index in [4.69, 9.17) is 9.97 Å². The Morgan fingerprint density at radius 1 is 0.375 bits per heavy atom. The van der Waals surface area contributed by atoms with E-state index in [0.717, 1.165) is 66.9 Å². The van der Waals surface area contributed by atoms with Gasteiger partial charge in [0, 0.05) is 49.7 Å². The lowest BCUT2D eigenvalue weighted by Crippen LogP contribution is -2.11. The molecule has 11 aromatic rings. The van der Waals surface area contributed by atoms with Crippen LogP contribution >= 0.6 is 0 Å². The normalized spacial score (nSPS) is 11.6. The van der Waals surface area contributed by atoms with E-state index < -0.39 is 0 Å². The second-order valence-electron chi connectivity index (χ2n) is 14.2. The number of fused-ring (bicyclic) bond motifs is 9. The van der Waals surface area contributed by atoms with Crippen LogP contribution in [0.1, 0.15) is 0 Å². The van der Waals surface area contributed by atoms with Gasteiger partial charge in [0.05, 0.1) is 39.6 Å². The average molecular weight is 715 g/mol. The number of anilines is 3. The van der Waals surface area contributed by atoms with Gasteiger partial charge in [0.1, 0.15) is 0 Å². The predicted molar refractivity (Wildman–Crippen MR) is 234 cm³/mol. The van der Waals surface area contributed by atoms with Crippen LogP contribution in [0.3, 0.4) is 0 Å². The molecule has 0 aliphatic rings. The first kappa shape index (κ1) is 31.9. The summed E-state index contributed by atoms with van der Waals surface area (Å²) in [6, 6.07) is 71.2. The third-order valence-electron chi connectivity index (χ3n) is 11.0. The number of hydrogen-bond donors (Lipinski definition) is 0. The largest absolute Gasteiger partial charge is 0.310 e. The number of rotatable bonds is 6. The Morgan fingerprint density at radius 2 is 0.875 bits per heavy atom. The monoisotopic (exact) mass is 714 g/mol. The van der Waals surface area contributed by atoms with Crippen LogP contribution in [0, 0.1) is 0 Å². The zero-order valence-corrected chi connectivity index (χ0v) is 30.4. The van der Waals surface area contributed by atoms with Crippen LogP contribution in [0.25, 0.3) is 82.5 Å². The van der Waals surface area contributed by atoms with Crippen molar-refractivity contribution in [1.29, 1.82) is 0 Å². The van der Waals surface area contributed by atoms with Gasteiger partial charge in [0.2, 0.25) is 0 Å². The van der Waals surface area contributed by atoms with Crippen LogP contribution < -0.4 is 4.90 Å². The molecule has 0 aliphatic heterocycles. The van der Waals surface area contributed by atoms with Crippen molar-refractivity contribution in [3.05, 3.63) is 206 Å². The van der Waals surface area contributed by atoms with Crippen molar-refractivity contribution >= 4 is 71.4 Å². The lowest BCUT2D eigenvalue weighted by atomic mass is 9.98. The molecular formula is C52H34N4. The molecule has 0 radical (unpaired) electrons. The van der Waals surface area contributed by atoms with E-state index in [1.807, 2.05) is 6.20 Å². The first-order valence-electron chi connectivity index (χ1n) is 19.0. The quantitative estimate of drug-likeness (QED) is 0.161. The molecule has 0 bridgehead atoms. The molecule has 2 aromatic heterocycles.